The molecule has 0 aliphatic rings. The normalized spacial score (nSPS) is 11.3. The second-order valence-electron chi connectivity index (χ2n) is 7.60. The molecule has 0 atom stereocenters. The first-order valence-corrected chi connectivity index (χ1v) is 11.3. The second-order valence-corrected chi connectivity index (χ2v) is 8.77. The summed E-state index contributed by atoms with van der Waals surface area (Å²) in [6.45, 7) is 0.460. The maximum Gasteiger partial charge on any atom is 0.251 e. The molecule has 0 saturated heterocycles. The Morgan fingerprint density at radius 3 is 2.79 bits per heavy atom. The van der Waals surface area contributed by atoms with Crippen LogP contribution in [0.25, 0.3) is 44.0 Å². The molecule has 0 unspecified atom stereocenters. The molecule has 0 radical (unpaired) electrons. The van der Waals surface area contributed by atoms with Crippen molar-refractivity contribution < 1.29 is 4.79 Å². The van der Waals surface area contributed by atoms with Crippen LogP contribution in [0, 0.1) is 0 Å². The zero-order chi connectivity index (χ0) is 22.2. The summed E-state index contributed by atoms with van der Waals surface area (Å²) in [6, 6.07) is 23.3. The van der Waals surface area contributed by atoms with Crippen LogP contribution >= 0.6 is 11.3 Å². The van der Waals surface area contributed by atoms with Crippen LogP contribution in [0.3, 0.4) is 0 Å². The zero-order valence-corrected chi connectivity index (χ0v) is 18.2. The third-order valence-corrected chi connectivity index (χ3v) is 6.55. The van der Waals surface area contributed by atoms with Crippen LogP contribution in [0.5, 0.6) is 0 Å². The van der Waals surface area contributed by atoms with Crippen molar-refractivity contribution in [3.8, 4) is 22.1 Å². The van der Waals surface area contributed by atoms with E-state index in [1.54, 1.807) is 23.6 Å². The lowest BCUT2D eigenvalue weighted by molar-refractivity contribution is 0.0951. The van der Waals surface area contributed by atoms with Gasteiger partial charge in [0.1, 0.15) is 5.69 Å². The van der Waals surface area contributed by atoms with Crippen molar-refractivity contribution >= 4 is 39.2 Å². The Morgan fingerprint density at radius 2 is 1.88 bits per heavy atom. The van der Waals surface area contributed by atoms with Gasteiger partial charge >= 0.3 is 0 Å². The van der Waals surface area contributed by atoms with E-state index in [4.69, 9.17) is 0 Å². The first-order chi connectivity index (χ1) is 16.2. The molecule has 1 amide bonds. The smallest absolute Gasteiger partial charge is 0.251 e. The van der Waals surface area contributed by atoms with E-state index in [-0.39, 0.29) is 5.91 Å². The Hall–Kier alpha value is -4.30. The minimum Gasteiger partial charge on any atom is -0.347 e. The van der Waals surface area contributed by atoms with Crippen molar-refractivity contribution in [2.24, 2.45) is 0 Å². The zero-order valence-electron chi connectivity index (χ0n) is 17.4. The summed E-state index contributed by atoms with van der Waals surface area (Å²) in [5, 5.41) is 11.4. The number of H-pyrrole nitrogens is 2. The standard InChI is InChI=1S/C25H18N6OS/c32-25(27-14-16-9-11-22(33-16)20-7-3-4-12-26-20)15-8-10-19-21(13-15)29-24(28-19)23-17-5-1-2-6-18(17)30-31-23/h1-13H,14H2,(H,27,32)(H,28,29)(H,30,31). The predicted molar refractivity (Wildman–Crippen MR) is 130 cm³/mol. The quantitative estimate of drug-likeness (QED) is 0.338. The number of amides is 1. The highest BCUT2D eigenvalue weighted by atomic mass is 32.1. The number of nitrogens with zero attached hydrogens (tertiary/aromatic N) is 3. The van der Waals surface area contributed by atoms with Crippen LogP contribution in [-0.2, 0) is 6.54 Å². The Kier molecular flexibility index (Phi) is 4.70. The lowest BCUT2D eigenvalue weighted by atomic mass is 10.2. The molecule has 0 fully saturated rings. The Balaban J connectivity index is 1.20. The topological polar surface area (TPSA) is 99.3 Å². The molecule has 3 N–H and O–H groups in total. The van der Waals surface area contributed by atoms with E-state index in [2.05, 4.69) is 30.5 Å². The van der Waals surface area contributed by atoms with Gasteiger partial charge in [0.25, 0.3) is 5.91 Å². The number of hydrogen-bond acceptors (Lipinski definition) is 5. The maximum absolute atomic E-state index is 12.8. The third-order valence-electron chi connectivity index (χ3n) is 5.44. The van der Waals surface area contributed by atoms with Crippen molar-refractivity contribution in [2.75, 3.05) is 0 Å². The van der Waals surface area contributed by atoms with Crippen LogP contribution in [0.1, 0.15) is 15.2 Å². The Bertz CT molecular complexity index is 1600. The van der Waals surface area contributed by atoms with E-state index in [0.717, 1.165) is 43.1 Å². The van der Waals surface area contributed by atoms with Crippen LogP contribution < -0.4 is 5.32 Å². The Labute approximate surface area is 192 Å². The fourth-order valence-electron chi connectivity index (χ4n) is 3.80. The Morgan fingerprint density at radius 1 is 0.970 bits per heavy atom. The predicted octanol–water partition coefficient (Wildman–Crippen LogP) is 5.16. The van der Waals surface area contributed by atoms with Crippen LogP contribution in [-0.4, -0.2) is 31.1 Å². The minimum atomic E-state index is -0.133. The summed E-state index contributed by atoms with van der Waals surface area (Å²) in [6.07, 6.45) is 1.78. The van der Waals surface area contributed by atoms with Crippen molar-refractivity contribution in [3.05, 3.63) is 89.4 Å². The van der Waals surface area contributed by atoms with Gasteiger partial charge < -0.3 is 10.3 Å². The molecule has 0 saturated carbocycles. The van der Waals surface area contributed by atoms with Crippen molar-refractivity contribution in [1.82, 2.24) is 30.5 Å². The number of pyridine rings is 1. The molecule has 0 bridgehead atoms. The molecule has 6 rings (SSSR count). The van der Waals surface area contributed by atoms with Crippen LogP contribution in [0.15, 0.2) is 79.0 Å². The number of carbonyl (C=O) groups excluding carboxylic acids is 1. The van der Waals surface area contributed by atoms with E-state index in [9.17, 15) is 4.79 Å². The molecule has 33 heavy (non-hydrogen) atoms. The minimum absolute atomic E-state index is 0.133. The molecule has 4 aromatic heterocycles. The first kappa shape index (κ1) is 19.4. The SMILES string of the molecule is O=C(NCc1ccc(-c2ccccn2)s1)c1ccc2nc(-c3n[nH]c4ccccc34)[nH]c2c1. The third kappa shape index (κ3) is 3.66. The number of imidazole rings is 1. The lowest BCUT2D eigenvalue weighted by Crippen LogP contribution is -2.22. The fraction of sp³-hybridized carbons (Fsp3) is 0.0400. The van der Waals surface area contributed by atoms with Gasteiger partial charge in [0.2, 0.25) is 0 Å². The maximum atomic E-state index is 12.8. The van der Waals surface area contributed by atoms with Crippen LogP contribution in [0.2, 0.25) is 0 Å². The molecule has 4 heterocycles. The number of hydrogen-bond donors (Lipinski definition) is 3. The molecule has 7 nitrogen and oxygen atoms in total. The van der Waals surface area contributed by atoms with Gasteiger partial charge in [-0.3, -0.25) is 14.9 Å². The van der Waals surface area contributed by atoms with E-state index in [1.807, 2.05) is 66.7 Å². The molecule has 160 valence electrons. The molecule has 0 spiro atoms. The fourth-order valence-corrected chi connectivity index (χ4v) is 4.72. The number of para-hydroxylation sites is 1. The number of nitrogens with one attached hydrogen (secondary N) is 3. The number of carbonyl (C=O) groups is 1. The highest BCUT2D eigenvalue weighted by molar-refractivity contribution is 7.15. The number of fused-ring (bicyclic) bond motifs is 2. The van der Waals surface area contributed by atoms with Gasteiger partial charge in [0, 0.05) is 22.0 Å². The first-order valence-electron chi connectivity index (χ1n) is 10.5. The van der Waals surface area contributed by atoms with Crippen molar-refractivity contribution in [3.63, 3.8) is 0 Å². The monoisotopic (exact) mass is 450 g/mol. The summed E-state index contributed by atoms with van der Waals surface area (Å²) in [5.41, 5.74) is 4.79. The average molecular weight is 451 g/mol. The molecular weight excluding hydrogens is 432 g/mol. The van der Waals surface area contributed by atoms with Crippen molar-refractivity contribution in [2.45, 2.75) is 6.54 Å². The van der Waals surface area contributed by atoms with E-state index in [1.165, 1.54) is 0 Å². The van der Waals surface area contributed by atoms with Gasteiger partial charge in [-0.1, -0.05) is 24.3 Å². The van der Waals surface area contributed by atoms with Crippen molar-refractivity contribution in [1.29, 1.82) is 0 Å². The number of thiophene rings is 1. The second kappa shape index (κ2) is 7.99. The van der Waals surface area contributed by atoms with E-state index in [0.29, 0.717) is 17.9 Å². The van der Waals surface area contributed by atoms with Gasteiger partial charge in [0.15, 0.2) is 5.82 Å². The summed E-state index contributed by atoms with van der Waals surface area (Å²) in [5.74, 6) is 0.534. The molecule has 0 aliphatic carbocycles. The molecule has 2 aromatic carbocycles. The van der Waals surface area contributed by atoms with Gasteiger partial charge in [-0.05, 0) is 48.5 Å². The highest BCUT2D eigenvalue weighted by Gasteiger charge is 2.14. The summed E-state index contributed by atoms with van der Waals surface area (Å²) < 4.78 is 0. The lowest BCUT2D eigenvalue weighted by Gasteiger charge is -2.03. The average Bonchev–Trinajstić information content (AvgIpc) is 3.60. The molecule has 6 aromatic rings. The number of rotatable bonds is 5. The van der Waals surface area contributed by atoms with E-state index < -0.39 is 0 Å². The van der Waals surface area contributed by atoms with Gasteiger partial charge in [-0.2, -0.15) is 5.10 Å². The number of aromatic nitrogens is 5. The van der Waals surface area contributed by atoms with Crippen LogP contribution in [0.4, 0.5) is 0 Å². The summed E-state index contributed by atoms with van der Waals surface area (Å²) in [4.78, 5) is 27.3. The molecule has 0 aliphatic heterocycles. The van der Waals surface area contributed by atoms with Gasteiger partial charge in [0.05, 0.1) is 33.7 Å². The number of aromatic amines is 2. The highest BCUT2D eigenvalue weighted by Crippen LogP contribution is 2.27. The van der Waals surface area contributed by atoms with Gasteiger partial charge in [-0.15, -0.1) is 11.3 Å². The molecule has 8 heteroatoms. The van der Waals surface area contributed by atoms with Gasteiger partial charge in [-0.25, -0.2) is 4.98 Å². The number of benzene rings is 2. The largest absolute Gasteiger partial charge is 0.347 e. The van der Waals surface area contributed by atoms with E-state index >= 15 is 0 Å². The summed E-state index contributed by atoms with van der Waals surface area (Å²) in [7, 11) is 0. The molecular formula is C25H18N6OS. The summed E-state index contributed by atoms with van der Waals surface area (Å²) >= 11 is 1.63.